The van der Waals surface area contributed by atoms with Crippen molar-refractivity contribution in [3.63, 3.8) is 0 Å². The molecule has 0 aromatic heterocycles. The first-order valence-corrected chi connectivity index (χ1v) is 8.51. The highest BCUT2D eigenvalue weighted by molar-refractivity contribution is 5.57. The summed E-state index contributed by atoms with van der Waals surface area (Å²) in [5, 5.41) is 0. The number of hydrogen-bond acceptors (Lipinski definition) is 0. The lowest BCUT2D eigenvalue weighted by atomic mass is 9.96. The van der Waals surface area contributed by atoms with E-state index >= 15 is 0 Å². The van der Waals surface area contributed by atoms with Gasteiger partial charge in [0.25, 0.3) is 0 Å². The fourth-order valence-corrected chi connectivity index (χ4v) is 2.76. The molecule has 0 radical (unpaired) electrons. The van der Waals surface area contributed by atoms with Crippen LogP contribution in [0.1, 0.15) is 63.9 Å². The Morgan fingerprint density at radius 2 is 1.67 bits per heavy atom. The molecule has 0 aliphatic heterocycles. The highest BCUT2D eigenvalue weighted by Crippen LogP contribution is 2.22. The zero-order valence-corrected chi connectivity index (χ0v) is 13.4. The summed E-state index contributed by atoms with van der Waals surface area (Å²) in [5.41, 5.74) is 4.23. The molecule has 0 spiro atoms. The van der Waals surface area contributed by atoms with E-state index in [-0.39, 0.29) is 0 Å². The molecule has 1 aromatic rings. The van der Waals surface area contributed by atoms with Gasteiger partial charge >= 0.3 is 0 Å². The highest BCUT2D eigenvalue weighted by atomic mass is 14.1. The number of unbranched alkanes of at least 4 members (excludes halogenated alkanes) is 5. The summed E-state index contributed by atoms with van der Waals surface area (Å²) in [6, 6.07) is 10.6. The number of hydrogen-bond donors (Lipinski definition) is 0. The lowest BCUT2D eigenvalue weighted by molar-refractivity contribution is 0.608. The Bertz CT molecular complexity index is 488. The molecule has 0 heteroatoms. The van der Waals surface area contributed by atoms with Crippen molar-refractivity contribution < 1.29 is 0 Å². The van der Waals surface area contributed by atoms with Crippen LogP contribution in [0.2, 0.25) is 0 Å². The average molecular weight is 280 g/mol. The molecule has 0 saturated heterocycles. The number of benzene rings is 1. The predicted molar refractivity (Wildman–Crippen MR) is 94.3 cm³/mol. The van der Waals surface area contributed by atoms with Crippen LogP contribution in [0, 0.1) is 0 Å². The summed E-state index contributed by atoms with van der Waals surface area (Å²) in [7, 11) is 0. The van der Waals surface area contributed by atoms with Gasteiger partial charge in [0.05, 0.1) is 0 Å². The van der Waals surface area contributed by atoms with Crippen LogP contribution >= 0.6 is 0 Å². The first kappa shape index (κ1) is 15.8. The van der Waals surface area contributed by atoms with Gasteiger partial charge in [-0.25, -0.2) is 0 Å². The van der Waals surface area contributed by atoms with Crippen molar-refractivity contribution in [3.05, 3.63) is 65.3 Å². The molecule has 21 heavy (non-hydrogen) atoms. The van der Waals surface area contributed by atoms with E-state index in [1.54, 1.807) is 0 Å². The van der Waals surface area contributed by atoms with Crippen LogP contribution in [0.15, 0.2) is 59.7 Å². The Balaban J connectivity index is 1.70. The highest BCUT2D eigenvalue weighted by Gasteiger charge is 2.02. The van der Waals surface area contributed by atoms with Crippen molar-refractivity contribution in [3.8, 4) is 0 Å². The van der Waals surface area contributed by atoms with Crippen LogP contribution < -0.4 is 0 Å². The van der Waals surface area contributed by atoms with Gasteiger partial charge in [-0.1, -0.05) is 99.2 Å². The van der Waals surface area contributed by atoms with Crippen LogP contribution in [0.25, 0.3) is 6.08 Å². The summed E-state index contributed by atoms with van der Waals surface area (Å²) >= 11 is 0. The SMILES string of the molecule is CCCCCCCCC1=CCC(=Cc2ccccc2)C=C1. The van der Waals surface area contributed by atoms with Crippen molar-refractivity contribution in [2.45, 2.75) is 58.3 Å². The van der Waals surface area contributed by atoms with Crippen LogP contribution in [0.3, 0.4) is 0 Å². The van der Waals surface area contributed by atoms with Crippen molar-refractivity contribution in [2.24, 2.45) is 0 Å². The van der Waals surface area contributed by atoms with Crippen molar-refractivity contribution in [1.82, 2.24) is 0 Å². The quantitative estimate of drug-likeness (QED) is 0.464. The maximum Gasteiger partial charge on any atom is -0.00914 e. The molecule has 0 atom stereocenters. The summed E-state index contributed by atoms with van der Waals surface area (Å²) in [4.78, 5) is 0. The first-order chi connectivity index (χ1) is 10.4. The van der Waals surface area contributed by atoms with Gasteiger partial charge in [0.2, 0.25) is 0 Å². The minimum atomic E-state index is 1.08. The molecule has 1 aliphatic carbocycles. The molecule has 0 amide bonds. The Morgan fingerprint density at radius 1 is 0.905 bits per heavy atom. The second-order valence-electron chi connectivity index (χ2n) is 5.96. The Kier molecular flexibility index (Phi) is 7.07. The monoisotopic (exact) mass is 280 g/mol. The standard InChI is InChI=1S/C21H28/c1-2-3-4-5-6-8-11-19-14-16-21(17-15-19)18-20-12-9-7-10-13-20/h7,9-10,12-16,18H,2-6,8,11,17H2,1H3. The summed E-state index contributed by atoms with van der Waals surface area (Å²) < 4.78 is 0. The smallest absolute Gasteiger partial charge is 0.00914 e. The fraction of sp³-hybridized carbons (Fsp3) is 0.429. The van der Waals surface area contributed by atoms with Crippen LogP contribution in [-0.4, -0.2) is 0 Å². The molecule has 0 unspecified atom stereocenters. The van der Waals surface area contributed by atoms with Gasteiger partial charge < -0.3 is 0 Å². The van der Waals surface area contributed by atoms with Crippen molar-refractivity contribution in [1.29, 1.82) is 0 Å². The third-order valence-electron chi connectivity index (χ3n) is 4.08. The lowest BCUT2D eigenvalue weighted by Gasteiger charge is -2.09. The van der Waals surface area contributed by atoms with Gasteiger partial charge in [0.1, 0.15) is 0 Å². The molecule has 112 valence electrons. The summed E-state index contributed by atoms with van der Waals surface area (Å²) in [6.07, 6.45) is 19.9. The molecule has 0 heterocycles. The second-order valence-corrected chi connectivity index (χ2v) is 5.96. The molecule has 2 rings (SSSR count). The number of rotatable bonds is 8. The van der Waals surface area contributed by atoms with Gasteiger partial charge in [-0.15, -0.1) is 0 Å². The molecule has 1 aromatic carbocycles. The maximum absolute atomic E-state index is 2.40. The normalized spacial score (nSPS) is 16.2. The Labute approximate surface area is 130 Å². The predicted octanol–water partition coefficient (Wildman–Crippen LogP) is 6.71. The van der Waals surface area contributed by atoms with Crippen LogP contribution in [0.5, 0.6) is 0 Å². The minimum absolute atomic E-state index is 1.08. The molecule has 0 nitrogen and oxygen atoms in total. The molecule has 0 bridgehead atoms. The van der Waals surface area contributed by atoms with Crippen LogP contribution in [0.4, 0.5) is 0 Å². The van der Waals surface area contributed by atoms with E-state index in [4.69, 9.17) is 0 Å². The third-order valence-corrected chi connectivity index (χ3v) is 4.08. The summed E-state index contributed by atoms with van der Waals surface area (Å²) in [6.45, 7) is 2.28. The third kappa shape index (κ3) is 6.16. The molecule has 0 N–H and O–H groups in total. The van der Waals surface area contributed by atoms with Crippen LogP contribution in [-0.2, 0) is 0 Å². The fourth-order valence-electron chi connectivity index (χ4n) is 2.76. The van der Waals surface area contributed by atoms with E-state index in [1.165, 1.54) is 61.7 Å². The zero-order valence-electron chi connectivity index (χ0n) is 13.4. The zero-order chi connectivity index (χ0) is 14.8. The average Bonchev–Trinajstić information content (AvgIpc) is 2.53. The minimum Gasteiger partial charge on any atom is -0.0769 e. The molecular formula is C21H28. The second kappa shape index (κ2) is 9.39. The molecule has 0 fully saturated rings. The van der Waals surface area contributed by atoms with Gasteiger partial charge in [0, 0.05) is 0 Å². The molecule has 1 aliphatic rings. The van der Waals surface area contributed by atoms with Gasteiger partial charge in [-0.05, 0) is 30.4 Å². The van der Waals surface area contributed by atoms with E-state index in [0.717, 1.165) is 6.42 Å². The van der Waals surface area contributed by atoms with Crippen molar-refractivity contribution >= 4 is 6.08 Å². The molecular weight excluding hydrogens is 252 g/mol. The lowest BCUT2D eigenvalue weighted by Crippen LogP contribution is -1.89. The van der Waals surface area contributed by atoms with E-state index in [2.05, 4.69) is 61.6 Å². The topological polar surface area (TPSA) is 0 Å². The van der Waals surface area contributed by atoms with E-state index < -0.39 is 0 Å². The Hall–Kier alpha value is -1.56. The maximum atomic E-state index is 2.40. The molecule has 0 saturated carbocycles. The van der Waals surface area contributed by atoms with Crippen molar-refractivity contribution in [2.75, 3.05) is 0 Å². The van der Waals surface area contributed by atoms with Gasteiger partial charge in [-0.3, -0.25) is 0 Å². The van der Waals surface area contributed by atoms with E-state index in [0.29, 0.717) is 0 Å². The van der Waals surface area contributed by atoms with Gasteiger partial charge in [-0.2, -0.15) is 0 Å². The first-order valence-electron chi connectivity index (χ1n) is 8.51. The van der Waals surface area contributed by atoms with E-state index in [1.807, 2.05) is 0 Å². The number of allylic oxidation sites excluding steroid dienone is 5. The largest absolute Gasteiger partial charge is 0.0769 e. The van der Waals surface area contributed by atoms with E-state index in [9.17, 15) is 0 Å². The Morgan fingerprint density at radius 3 is 2.38 bits per heavy atom. The van der Waals surface area contributed by atoms with Gasteiger partial charge in [0.15, 0.2) is 0 Å². The summed E-state index contributed by atoms with van der Waals surface area (Å²) in [5.74, 6) is 0.